The predicted octanol–water partition coefficient (Wildman–Crippen LogP) is 3.82. The van der Waals surface area contributed by atoms with Gasteiger partial charge in [0.1, 0.15) is 0 Å². The molecule has 5 heteroatoms. The Hall–Kier alpha value is -1.17. The molecule has 4 nitrogen and oxygen atoms in total. The van der Waals surface area contributed by atoms with Gasteiger partial charge in [0.25, 0.3) is 5.91 Å². The zero-order chi connectivity index (χ0) is 18.2. The second-order valence-electron chi connectivity index (χ2n) is 8.43. The number of nitrogens with zero attached hydrogens (tertiary/aromatic N) is 1. The van der Waals surface area contributed by atoms with E-state index < -0.39 is 20.0 Å². The standard InChI is InChI=1S/C19H31NO3Si/c1-18(2,3)24(6,7)23-14-19(4)16(22-5)17(21)20(19)13-15-11-9-8-10-12-15/h8-12,16H,13-14H2,1-7H3. The molecule has 0 saturated carbocycles. The molecule has 24 heavy (non-hydrogen) atoms. The van der Waals surface area contributed by atoms with Gasteiger partial charge in [0.15, 0.2) is 14.4 Å². The lowest BCUT2D eigenvalue weighted by Gasteiger charge is -2.56. The van der Waals surface area contributed by atoms with Crippen LogP contribution in [0.15, 0.2) is 30.3 Å². The molecule has 1 aromatic carbocycles. The number of carbonyl (C=O) groups is 1. The Labute approximate surface area is 147 Å². The molecule has 0 aliphatic carbocycles. The molecular weight excluding hydrogens is 318 g/mol. The molecule has 0 N–H and O–H groups in total. The van der Waals surface area contributed by atoms with Crippen LogP contribution in [-0.4, -0.2) is 44.5 Å². The van der Waals surface area contributed by atoms with Gasteiger partial charge < -0.3 is 14.1 Å². The van der Waals surface area contributed by atoms with Crippen LogP contribution >= 0.6 is 0 Å². The van der Waals surface area contributed by atoms with Gasteiger partial charge in [-0.1, -0.05) is 51.1 Å². The molecule has 2 unspecified atom stereocenters. The van der Waals surface area contributed by atoms with Gasteiger partial charge in [-0.15, -0.1) is 0 Å². The number of amides is 1. The Kier molecular flexibility index (Phi) is 5.28. The third kappa shape index (κ3) is 3.43. The van der Waals surface area contributed by atoms with Gasteiger partial charge in [0, 0.05) is 13.7 Å². The highest BCUT2D eigenvalue weighted by molar-refractivity contribution is 6.74. The van der Waals surface area contributed by atoms with Gasteiger partial charge in [-0.25, -0.2) is 0 Å². The second-order valence-corrected chi connectivity index (χ2v) is 13.2. The Morgan fingerprint density at radius 3 is 2.29 bits per heavy atom. The minimum atomic E-state index is -1.88. The zero-order valence-electron chi connectivity index (χ0n) is 16.1. The van der Waals surface area contributed by atoms with Crippen molar-refractivity contribution in [3.8, 4) is 0 Å². The normalized spacial score (nSPS) is 24.9. The lowest BCUT2D eigenvalue weighted by molar-refractivity contribution is -0.194. The maximum atomic E-state index is 12.5. The monoisotopic (exact) mass is 349 g/mol. The van der Waals surface area contributed by atoms with Gasteiger partial charge >= 0.3 is 0 Å². The molecule has 0 radical (unpaired) electrons. The predicted molar refractivity (Wildman–Crippen MR) is 99.3 cm³/mol. The topological polar surface area (TPSA) is 38.8 Å². The van der Waals surface area contributed by atoms with Gasteiger partial charge in [-0.3, -0.25) is 4.79 Å². The molecule has 2 atom stereocenters. The molecule has 1 amide bonds. The number of benzene rings is 1. The van der Waals surface area contributed by atoms with Crippen molar-refractivity contribution in [1.29, 1.82) is 0 Å². The van der Waals surface area contributed by atoms with Gasteiger partial charge in [0.2, 0.25) is 0 Å². The van der Waals surface area contributed by atoms with E-state index >= 15 is 0 Å². The number of carbonyl (C=O) groups excluding carboxylic acids is 1. The molecule has 1 aromatic rings. The van der Waals surface area contributed by atoms with E-state index in [4.69, 9.17) is 9.16 Å². The SMILES string of the molecule is COC1C(=O)N(Cc2ccccc2)C1(C)CO[Si](C)(C)C(C)(C)C. The molecule has 0 bridgehead atoms. The van der Waals surface area contributed by atoms with E-state index in [0.717, 1.165) is 5.56 Å². The van der Waals surface area contributed by atoms with Crippen molar-refractivity contribution in [2.45, 2.75) is 64.0 Å². The van der Waals surface area contributed by atoms with E-state index in [1.807, 2.05) is 35.2 Å². The highest BCUT2D eigenvalue weighted by Crippen LogP contribution is 2.41. The van der Waals surface area contributed by atoms with Crippen LogP contribution in [0.4, 0.5) is 0 Å². The fraction of sp³-hybridized carbons (Fsp3) is 0.632. The van der Waals surface area contributed by atoms with Gasteiger partial charge in [-0.2, -0.15) is 0 Å². The average molecular weight is 350 g/mol. The maximum Gasteiger partial charge on any atom is 0.255 e. The van der Waals surface area contributed by atoms with Crippen LogP contribution in [0, 0.1) is 0 Å². The maximum absolute atomic E-state index is 12.5. The molecule has 1 heterocycles. The van der Waals surface area contributed by atoms with Crippen molar-refractivity contribution in [1.82, 2.24) is 4.90 Å². The number of methoxy groups -OCH3 is 1. The molecule has 1 aliphatic rings. The van der Waals surface area contributed by atoms with E-state index in [-0.39, 0.29) is 10.9 Å². The van der Waals surface area contributed by atoms with Crippen LogP contribution in [0.1, 0.15) is 33.3 Å². The summed E-state index contributed by atoms with van der Waals surface area (Å²) in [6.07, 6.45) is -0.425. The van der Waals surface area contributed by atoms with Crippen molar-refractivity contribution >= 4 is 14.2 Å². The fourth-order valence-corrected chi connectivity index (χ4v) is 3.90. The summed E-state index contributed by atoms with van der Waals surface area (Å²) in [6.45, 7) is 14.3. The summed E-state index contributed by atoms with van der Waals surface area (Å²) in [6, 6.07) is 10.1. The van der Waals surface area contributed by atoms with E-state index in [9.17, 15) is 4.79 Å². The first kappa shape index (κ1) is 19.2. The van der Waals surface area contributed by atoms with E-state index in [1.165, 1.54) is 0 Å². The van der Waals surface area contributed by atoms with Gasteiger partial charge in [0.05, 0.1) is 12.1 Å². The van der Waals surface area contributed by atoms with Crippen molar-refractivity contribution < 1.29 is 14.0 Å². The van der Waals surface area contributed by atoms with E-state index in [1.54, 1.807) is 7.11 Å². The Morgan fingerprint density at radius 2 is 1.79 bits per heavy atom. The lowest BCUT2D eigenvalue weighted by Crippen LogP contribution is -2.75. The van der Waals surface area contributed by atoms with E-state index in [0.29, 0.717) is 13.2 Å². The molecule has 134 valence electrons. The highest BCUT2D eigenvalue weighted by atomic mass is 28.4. The Morgan fingerprint density at radius 1 is 1.21 bits per heavy atom. The summed E-state index contributed by atoms with van der Waals surface area (Å²) in [7, 11) is -0.272. The van der Waals surface area contributed by atoms with Crippen molar-refractivity contribution in [3.63, 3.8) is 0 Å². The first-order valence-corrected chi connectivity index (χ1v) is 11.5. The minimum Gasteiger partial charge on any atom is -0.414 e. The molecule has 2 rings (SSSR count). The average Bonchev–Trinajstić information content (AvgIpc) is 2.51. The number of β-lactam (4-membered cyclic amide) rings is 1. The second kappa shape index (κ2) is 6.62. The summed E-state index contributed by atoms with van der Waals surface area (Å²) in [5, 5.41) is 0.143. The molecular formula is C19H31NO3Si. The smallest absolute Gasteiger partial charge is 0.255 e. The molecule has 1 fully saturated rings. The number of ether oxygens (including phenoxy) is 1. The number of hydrogen-bond acceptors (Lipinski definition) is 3. The Bertz CT molecular complexity index is 582. The largest absolute Gasteiger partial charge is 0.414 e. The number of rotatable bonds is 6. The molecule has 1 aliphatic heterocycles. The molecule has 1 saturated heterocycles. The molecule has 0 spiro atoms. The quantitative estimate of drug-likeness (QED) is 0.579. The summed E-state index contributed by atoms with van der Waals surface area (Å²) in [4.78, 5) is 14.4. The summed E-state index contributed by atoms with van der Waals surface area (Å²) < 4.78 is 11.9. The third-order valence-corrected chi connectivity index (χ3v) is 10.1. The van der Waals surface area contributed by atoms with Crippen LogP contribution in [0.3, 0.4) is 0 Å². The summed E-state index contributed by atoms with van der Waals surface area (Å²) in [5.74, 6) is 0.0442. The van der Waals surface area contributed by atoms with Crippen LogP contribution < -0.4 is 0 Å². The van der Waals surface area contributed by atoms with Crippen LogP contribution in [0.25, 0.3) is 0 Å². The zero-order valence-corrected chi connectivity index (χ0v) is 17.1. The van der Waals surface area contributed by atoms with Crippen molar-refractivity contribution in [2.75, 3.05) is 13.7 Å². The first-order chi connectivity index (χ1) is 11.0. The Balaban J connectivity index is 2.15. The molecule has 0 aromatic heterocycles. The van der Waals surface area contributed by atoms with E-state index in [2.05, 4.69) is 40.8 Å². The van der Waals surface area contributed by atoms with Crippen LogP contribution in [0.5, 0.6) is 0 Å². The fourth-order valence-electron chi connectivity index (χ4n) is 2.81. The first-order valence-electron chi connectivity index (χ1n) is 8.55. The summed E-state index contributed by atoms with van der Waals surface area (Å²) >= 11 is 0. The van der Waals surface area contributed by atoms with Crippen molar-refractivity contribution in [3.05, 3.63) is 35.9 Å². The van der Waals surface area contributed by atoms with Crippen LogP contribution in [0.2, 0.25) is 18.1 Å². The van der Waals surface area contributed by atoms with Gasteiger partial charge in [-0.05, 0) is 30.6 Å². The van der Waals surface area contributed by atoms with Crippen LogP contribution in [-0.2, 0) is 20.5 Å². The highest BCUT2D eigenvalue weighted by Gasteiger charge is 2.58. The third-order valence-electron chi connectivity index (χ3n) is 5.62. The minimum absolute atomic E-state index is 0.0442. The lowest BCUT2D eigenvalue weighted by atomic mass is 9.82. The summed E-state index contributed by atoms with van der Waals surface area (Å²) in [5.41, 5.74) is 0.705. The van der Waals surface area contributed by atoms with Crippen molar-refractivity contribution in [2.24, 2.45) is 0 Å². The number of likely N-dealkylation sites (tertiary alicyclic amines) is 1. The number of hydrogen-bond donors (Lipinski definition) is 0.